The standard InChI is InChI=1S/C23H20Cl2N2O2S/c24-17-8-13-20(21(25)15-17)22(28)27-23(30)26-18-9-11-19(12-10-18)29-14-4-7-16-5-2-1-3-6-16/h1-3,5-6,8-13,15H,4,7,14H2,(H2,26,27,28,30). The van der Waals surface area contributed by atoms with E-state index in [1.165, 1.54) is 11.6 Å². The Balaban J connectivity index is 1.44. The third kappa shape index (κ3) is 6.73. The first kappa shape index (κ1) is 22.1. The van der Waals surface area contributed by atoms with Crippen LogP contribution in [0.25, 0.3) is 0 Å². The smallest absolute Gasteiger partial charge is 0.258 e. The fraction of sp³-hybridized carbons (Fsp3) is 0.130. The van der Waals surface area contributed by atoms with Gasteiger partial charge in [0, 0.05) is 10.7 Å². The van der Waals surface area contributed by atoms with Crippen LogP contribution in [0.3, 0.4) is 0 Å². The second kappa shape index (κ2) is 11.0. The number of amides is 1. The van der Waals surface area contributed by atoms with E-state index in [0.717, 1.165) is 24.3 Å². The Labute approximate surface area is 191 Å². The average Bonchev–Trinajstić information content (AvgIpc) is 2.73. The molecule has 4 nitrogen and oxygen atoms in total. The molecule has 0 atom stereocenters. The maximum absolute atomic E-state index is 12.3. The molecule has 3 aromatic rings. The van der Waals surface area contributed by atoms with Gasteiger partial charge in [-0.1, -0.05) is 53.5 Å². The number of halogens is 2. The summed E-state index contributed by atoms with van der Waals surface area (Å²) in [4.78, 5) is 12.3. The molecule has 0 aliphatic rings. The highest BCUT2D eigenvalue weighted by Crippen LogP contribution is 2.21. The quantitative estimate of drug-likeness (QED) is 0.330. The monoisotopic (exact) mass is 458 g/mol. The molecule has 3 aromatic carbocycles. The van der Waals surface area contributed by atoms with Gasteiger partial charge in [-0.3, -0.25) is 10.1 Å². The lowest BCUT2D eigenvalue weighted by molar-refractivity contribution is 0.0978. The number of carbonyl (C=O) groups excluding carboxylic acids is 1. The van der Waals surface area contributed by atoms with Crippen molar-refractivity contribution in [2.24, 2.45) is 0 Å². The number of aryl methyl sites for hydroxylation is 1. The zero-order chi connectivity index (χ0) is 21.3. The van der Waals surface area contributed by atoms with Crippen molar-refractivity contribution in [3.63, 3.8) is 0 Å². The molecule has 154 valence electrons. The summed E-state index contributed by atoms with van der Waals surface area (Å²) in [6.07, 6.45) is 1.92. The van der Waals surface area contributed by atoms with Gasteiger partial charge in [-0.25, -0.2) is 0 Å². The molecular formula is C23H20Cl2N2O2S. The maximum atomic E-state index is 12.3. The zero-order valence-electron chi connectivity index (χ0n) is 16.0. The summed E-state index contributed by atoms with van der Waals surface area (Å²) >= 11 is 17.1. The molecule has 1 amide bonds. The maximum Gasteiger partial charge on any atom is 0.258 e. The van der Waals surface area contributed by atoms with Crippen LogP contribution in [-0.4, -0.2) is 17.6 Å². The molecule has 0 bridgehead atoms. The number of anilines is 1. The molecule has 0 saturated carbocycles. The van der Waals surface area contributed by atoms with Crippen LogP contribution in [0.15, 0.2) is 72.8 Å². The van der Waals surface area contributed by atoms with Crippen molar-refractivity contribution >= 4 is 52.1 Å². The van der Waals surface area contributed by atoms with Crippen molar-refractivity contribution in [2.75, 3.05) is 11.9 Å². The molecule has 0 heterocycles. The molecule has 0 radical (unpaired) electrons. The SMILES string of the molecule is O=C(NC(=S)Nc1ccc(OCCCc2ccccc2)cc1)c1ccc(Cl)cc1Cl. The van der Waals surface area contributed by atoms with Gasteiger partial charge in [-0.05, 0) is 73.1 Å². The van der Waals surface area contributed by atoms with E-state index in [-0.39, 0.29) is 10.1 Å². The van der Waals surface area contributed by atoms with E-state index in [2.05, 4.69) is 22.8 Å². The Morgan fingerprint density at radius 1 is 0.967 bits per heavy atom. The van der Waals surface area contributed by atoms with Gasteiger partial charge < -0.3 is 10.1 Å². The van der Waals surface area contributed by atoms with Crippen molar-refractivity contribution in [3.05, 3.63) is 94.0 Å². The molecule has 0 aliphatic carbocycles. The number of nitrogens with one attached hydrogen (secondary N) is 2. The van der Waals surface area contributed by atoms with Crippen LogP contribution in [0.1, 0.15) is 22.3 Å². The first-order valence-electron chi connectivity index (χ1n) is 9.35. The van der Waals surface area contributed by atoms with Gasteiger partial charge in [0.15, 0.2) is 5.11 Å². The zero-order valence-corrected chi connectivity index (χ0v) is 18.4. The average molecular weight is 459 g/mol. The number of benzene rings is 3. The molecule has 0 aliphatic heterocycles. The second-order valence-corrected chi connectivity index (χ2v) is 7.75. The van der Waals surface area contributed by atoms with Gasteiger partial charge in [0.25, 0.3) is 5.91 Å². The lowest BCUT2D eigenvalue weighted by atomic mass is 10.1. The number of hydrogen-bond donors (Lipinski definition) is 2. The van der Waals surface area contributed by atoms with Gasteiger partial charge in [-0.2, -0.15) is 0 Å². The number of thiocarbonyl (C=S) groups is 1. The summed E-state index contributed by atoms with van der Waals surface area (Å²) in [6, 6.07) is 22.3. The lowest BCUT2D eigenvalue weighted by Gasteiger charge is -2.11. The van der Waals surface area contributed by atoms with E-state index in [1.807, 2.05) is 42.5 Å². The summed E-state index contributed by atoms with van der Waals surface area (Å²) in [5, 5.41) is 6.45. The molecule has 2 N–H and O–H groups in total. The number of carbonyl (C=O) groups is 1. The van der Waals surface area contributed by atoms with Gasteiger partial charge in [0.2, 0.25) is 0 Å². The van der Waals surface area contributed by atoms with Gasteiger partial charge in [0.05, 0.1) is 17.2 Å². The van der Waals surface area contributed by atoms with Gasteiger partial charge in [-0.15, -0.1) is 0 Å². The lowest BCUT2D eigenvalue weighted by Crippen LogP contribution is -2.34. The predicted octanol–water partition coefficient (Wildman–Crippen LogP) is 6.13. The molecule has 0 spiro atoms. The van der Waals surface area contributed by atoms with Gasteiger partial charge in [0.1, 0.15) is 5.75 Å². The van der Waals surface area contributed by atoms with E-state index in [0.29, 0.717) is 17.2 Å². The van der Waals surface area contributed by atoms with Crippen LogP contribution in [0.4, 0.5) is 5.69 Å². The van der Waals surface area contributed by atoms with Crippen molar-refractivity contribution in [1.29, 1.82) is 0 Å². The molecular weight excluding hydrogens is 439 g/mol. The van der Waals surface area contributed by atoms with E-state index in [1.54, 1.807) is 12.1 Å². The summed E-state index contributed by atoms with van der Waals surface area (Å²) in [5.41, 5.74) is 2.33. The Morgan fingerprint density at radius 3 is 2.40 bits per heavy atom. The number of ether oxygens (including phenoxy) is 1. The molecule has 0 unspecified atom stereocenters. The summed E-state index contributed by atoms with van der Waals surface area (Å²) in [7, 11) is 0. The van der Waals surface area contributed by atoms with E-state index in [9.17, 15) is 4.79 Å². The highest BCUT2D eigenvalue weighted by atomic mass is 35.5. The van der Waals surface area contributed by atoms with Crippen LogP contribution in [0.5, 0.6) is 5.75 Å². The Bertz CT molecular complexity index is 1010. The van der Waals surface area contributed by atoms with Crippen molar-refractivity contribution in [3.8, 4) is 5.75 Å². The largest absolute Gasteiger partial charge is 0.494 e. The normalized spacial score (nSPS) is 10.3. The molecule has 3 rings (SSSR count). The first-order chi connectivity index (χ1) is 14.5. The van der Waals surface area contributed by atoms with Crippen molar-refractivity contribution < 1.29 is 9.53 Å². The van der Waals surface area contributed by atoms with E-state index < -0.39 is 5.91 Å². The molecule has 7 heteroatoms. The fourth-order valence-corrected chi connectivity index (χ4v) is 3.46. The fourth-order valence-electron chi connectivity index (χ4n) is 2.75. The number of hydrogen-bond acceptors (Lipinski definition) is 3. The van der Waals surface area contributed by atoms with Gasteiger partial charge >= 0.3 is 0 Å². The highest BCUT2D eigenvalue weighted by molar-refractivity contribution is 7.80. The number of rotatable bonds is 7. The molecule has 0 saturated heterocycles. The molecule has 0 fully saturated rings. The van der Waals surface area contributed by atoms with E-state index >= 15 is 0 Å². The third-order valence-corrected chi connectivity index (χ3v) is 4.99. The van der Waals surface area contributed by atoms with Crippen LogP contribution in [-0.2, 0) is 6.42 Å². The second-order valence-electron chi connectivity index (χ2n) is 6.49. The molecule has 30 heavy (non-hydrogen) atoms. The van der Waals surface area contributed by atoms with Crippen LogP contribution in [0.2, 0.25) is 10.0 Å². The summed E-state index contributed by atoms with van der Waals surface area (Å²) in [5.74, 6) is 0.365. The van der Waals surface area contributed by atoms with Crippen LogP contribution < -0.4 is 15.4 Å². The molecule has 0 aromatic heterocycles. The Hall–Kier alpha value is -2.60. The Kier molecular flexibility index (Phi) is 8.08. The van der Waals surface area contributed by atoms with Crippen LogP contribution in [0, 0.1) is 0 Å². The summed E-state index contributed by atoms with van der Waals surface area (Å²) in [6.45, 7) is 0.637. The predicted molar refractivity (Wildman–Crippen MR) is 127 cm³/mol. The first-order valence-corrected chi connectivity index (χ1v) is 10.5. The van der Waals surface area contributed by atoms with E-state index in [4.69, 9.17) is 40.2 Å². The minimum Gasteiger partial charge on any atom is -0.494 e. The third-order valence-electron chi connectivity index (χ3n) is 4.24. The van der Waals surface area contributed by atoms with Crippen LogP contribution >= 0.6 is 35.4 Å². The minimum absolute atomic E-state index is 0.169. The summed E-state index contributed by atoms with van der Waals surface area (Å²) < 4.78 is 5.78. The van der Waals surface area contributed by atoms with Crippen molar-refractivity contribution in [2.45, 2.75) is 12.8 Å². The minimum atomic E-state index is -0.410. The topological polar surface area (TPSA) is 50.4 Å². The Morgan fingerprint density at radius 2 is 1.70 bits per heavy atom. The van der Waals surface area contributed by atoms with Crippen molar-refractivity contribution in [1.82, 2.24) is 5.32 Å². The highest BCUT2D eigenvalue weighted by Gasteiger charge is 2.12.